The van der Waals surface area contributed by atoms with E-state index in [1.807, 2.05) is 41.8 Å². The van der Waals surface area contributed by atoms with E-state index in [9.17, 15) is 4.79 Å². The number of amides is 1. The maximum absolute atomic E-state index is 12.7. The van der Waals surface area contributed by atoms with Crippen molar-refractivity contribution < 1.29 is 4.79 Å². The van der Waals surface area contributed by atoms with Crippen LogP contribution in [0.2, 0.25) is 5.02 Å². The van der Waals surface area contributed by atoms with Crippen LogP contribution in [-0.2, 0) is 11.3 Å². The molecule has 1 aliphatic rings. The second kappa shape index (κ2) is 9.47. The molecule has 0 spiro atoms. The number of hydrogen-bond donors (Lipinski definition) is 1. The second-order valence-electron chi connectivity index (χ2n) is 9.03. The number of aromatic nitrogens is 3. The molecule has 5 rings (SSSR count). The van der Waals surface area contributed by atoms with Crippen molar-refractivity contribution in [2.45, 2.75) is 33.2 Å². The average molecular weight is 474 g/mol. The Hall–Kier alpha value is -3.38. The van der Waals surface area contributed by atoms with Gasteiger partial charge in [0.25, 0.3) is 0 Å². The monoisotopic (exact) mass is 473 g/mol. The van der Waals surface area contributed by atoms with Crippen LogP contribution >= 0.6 is 11.6 Å². The maximum atomic E-state index is 12.7. The highest BCUT2D eigenvalue weighted by Crippen LogP contribution is 2.27. The van der Waals surface area contributed by atoms with Crippen molar-refractivity contribution in [1.82, 2.24) is 19.9 Å². The first-order valence-electron chi connectivity index (χ1n) is 11.7. The zero-order valence-corrected chi connectivity index (χ0v) is 20.2. The lowest BCUT2D eigenvalue weighted by Gasteiger charge is -2.33. The summed E-state index contributed by atoms with van der Waals surface area (Å²) in [7, 11) is 0. The fourth-order valence-electron chi connectivity index (χ4n) is 4.48. The Morgan fingerprint density at radius 2 is 1.74 bits per heavy atom. The molecule has 6 nitrogen and oxygen atoms in total. The Bertz CT molecular complexity index is 1310. The summed E-state index contributed by atoms with van der Waals surface area (Å²) in [6, 6.07) is 20.1. The number of benzene rings is 2. The first kappa shape index (κ1) is 22.4. The molecule has 0 radical (unpaired) electrons. The number of fused-ring (bicyclic) bond motifs is 1. The predicted octanol–water partition coefficient (Wildman–Crippen LogP) is 5.20. The largest absolute Gasteiger partial charge is 0.356 e. The highest BCUT2D eigenvalue weighted by molar-refractivity contribution is 6.30. The standard InChI is InChI=1S/C27H28ClN5O/c1-18-3-7-21(8-4-18)24-16-25-30-19(2)15-26(33(25)31-24)32-13-11-22(12-14-32)27(34)29-17-20-5-9-23(28)10-6-20/h3-10,15-16,22H,11-14,17H2,1-2H3,(H,29,34). The topological polar surface area (TPSA) is 62.5 Å². The molecule has 0 unspecified atom stereocenters. The second-order valence-corrected chi connectivity index (χ2v) is 9.46. The minimum absolute atomic E-state index is 0.0164. The minimum Gasteiger partial charge on any atom is -0.356 e. The maximum Gasteiger partial charge on any atom is 0.223 e. The van der Waals surface area contributed by atoms with Gasteiger partial charge in [0.05, 0.1) is 5.69 Å². The molecule has 1 N–H and O–H groups in total. The molecule has 2 aromatic carbocycles. The van der Waals surface area contributed by atoms with Crippen molar-refractivity contribution in [3.8, 4) is 11.3 Å². The van der Waals surface area contributed by atoms with Gasteiger partial charge in [0.2, 0.25) is 5.91 Å². The van der Waals surface area contributed by atoms with E-state index in [0.717, 1.165) is 59.9 Å². The third kappa shape index (κ3) is 4.77. The van der Waals surface area contributed by atoms with Gasteiger partial charge in [0.15, 0.2) is 5.65 Å². The molecule has 7 heteroatoms. The number of aryl methyl sites for hydroxylation is 2. The van der Waals surface area contributed by atoms with Gasteiger partial charge in [-0.25, -0.2) is 4.98 Å². The van der Waals surface area contributed by atoms with Crippen LogP contribution in [-0.4, -0.2) is 33.6 Å². The average Bonchev–Trinajstić information content (AvgIpc) is 3.27. The summed E-state index contributed by atoms with van der Waals surface area (Å²) in [5.41, 5.74) is 6.07. The van der Waals surface area contributed by atoms with E-state index in [4.69, 9.17) is 21.7 Å². The summed E-state index contributed by atoms with van der Waals surface area (Å²) < 4.78 is 1.93. The molecule has 1 aliphatic heterocycles. The van der Waals surface area contributed by atoms with Gasteiger partial charge in [0, 0.05) is 54.0 Å². The Balaban J connectivity index is 1.28. The Morgan fingerprint density at radius 1 is 1.03 bits per heavy atom. The number of piperidine rings is 1. The van der Waals surface area contributed by atoms with Crippen LogP contribution < -0.4 is 10.2 Å². The van der Waals surface area contributed by atoms with E-state index in [1.54, 1.807) is 0 Å². The highest BCUT2D eigenvalue weighted by Gasteiger charge is 2.26. The van der Waals surface area contributed by atoms with Gasteiger partial charge >= 0.3 is 0 Å². The van der Waals surface area contributed by atoms with Crippen LogP contribution in [0.1, 0.15) is 29.7 Å². The van der Waals surface area contributed by atoms with Crippen molar-refractivity contribution >= 4 is 29.0 Å². The Kier molecular flexibility index (Phi) is 6.24. The summed E-state index contributed by atoms with van der Waals surface area (Å²) in [6.45, 7) is 6.22. The van der Waals surface area contributed by atoms with E-state index in [2.05, 4.69) is 47.5 Å². The number of nitrogens with one attached hydrogen (secondary N) is 1. The van der Waals surface area contributed by atoms with Crippen LogP contribution in [0.25, 0.3) is 16.9 Å². The van der Waals surface area contributed by atoms with Crippen molar-refractivity contribution in [2.75, 3.05) is 18.0 Å². The van der Waals surface area contributed by atoms with Crippen molar-refractivity contribution in [3.63, 3.8) is 0 Å². The van der Waals surface area contributed by atoms with Crippen molar-refractivity contribution in [1.29, 1.82) is 0 Å². The molecule has 0 bridgehead atoms. The molecule has 2 aromatic heterocycles. The third-order valence-electron chi connectivity index (χ3n) is 6.45. The SMILES string of the molecule is Cc1ccc(-c2cc3nc(C)cc(N4CCC(C(=O)NCc5ccc(Cl)cc5)CC4)n3n2)cc1. The number of rotatable bonds is 5. The smallest absolute Gasteiger partial charge is 0.223 e. The van der Waals surface area contributed by atoms with Gasteiger partial charge in [-0.3, -0.25) is 4.79 Å². The molecule has 4 aromatic rings. The van der Waals surface area contributed by atoms with Crippen LogP contribution in [0.3, 0.4) is 0 Å². The van der Waals surface area contributed by atoms with E-state index >= 15 is 0 Å². The first-order valence-corrected chi connectivity index (χ1v) is 12.1. The third-order valence-corrected chi connectivity index (χ3v) is 6.71. The molecule has 1 saturated heterocycles. The quantitative estimate of drug-likeness (QED) is 0.432. The Morgan fingerprint density at radius 3 is 2.44 bits per heavy atom. The molecule has 0 atom stereocenters. The van der Waals surface area contributed by atoms with Crippen LogP contribution in [0, 0.1) is 19.8 Å². The first-order chi connectivity index (χ1) is 16.5. The summed E-state index contributed by atoms with van der Waals surface area (Å²) >= 11 is 5.94. The predicted molar refractivity (Wildman–Crippen MR) is 136 cm³/mol. The van der Waals surface area contributed by atoms with E-state index in [0.29, 0.717) is 11.6 Å². The summed E-state index contributed by atoms with van der Waals surface area (Å²) in [4.78, 5) is 19.8. The molecule has 1 amide bonds. The van der Waals surface area contributed by atoms with Crippen molar-refractivity contribution in [3.05, 3.63) is 82.5 Å². The normalized spacial score (nSPS) is 14.5. The van der Waals surface area contributed by atoms with Gasteiger partial charge in [-0.2, -0.15) is 9.61 Å². The molecule has 174 valence electrons. The zero-order chi connectivity index (χ0) is 23.7. The zero-order valence-electron chi connectivity index (χ0n) is 19.5. The number of carbonyl (C=O) groups is 1. The summed E-state index contributed by atoms with van der Waals surface area (Å²) in [5.74, 6) is 1.16. The Labute approximate surface area is 204 Å². The highest BCUT2D eigenvalue weighted by atomic mass is 35.5. The lowest BCUT2D eigenvalue weighted by Crippen LogP contribution is -2.41. The molecule has 34 heavy (non-hydrogen) atoms. The fraction of sp³-hybridized carbons (Fsp3) is 0.296. The lowest BCUT2D eigenvalue weighted by molar-refractivity contribution is -0.125. The van der Waals surface area contributed by atoms with E-state index in [1.165, 1.54) is 5.56 Å². The van der Waals surface area contributed by atoms with Crippen LogP contribution in [0.5, 0.6) is 0 Å². The lowest BCUT2D eigenvalue weighted by atomic mass is 9.95. The molecule has 0 saturated carbocycles. The molecular weight excluding hydrogens is 446 g/mol. The van der Waals surface area contributed by atoms with Crippen LogP contribution in [0.4, 0.5) is 5.82 Å². The van der Waals surface area contributed by atoms with E-state index < -0.39 is 0 Å². The molecule has 1 fully saturated rings. The van der Waals surface area contributed by atoms with Gasteiger partial charge in [-0.1, -0.05) is 53.6 Å². The van der Waals surface area contributed by atoms with Crippen LogP contribution in [0.15, 0.2) is 60.7 Å². The molecule has 0 aliphatic carbocycles. The van der Waals surface area contributed by atoms with Crippen molar-refractivity contribution in [2.24, 2.45) is 5.92 Å². The number of nitrogens with zero attached hydrogens (tertiary/aromatic N) is 4. The number of halogens is 1. The van der Waals surface area contributed by atoms with Gasteiger partial charge in [-0.05, 0) is 44.4 Å². The minimum atomic E-state index is 0.0164. The fourth-order valence-corrected chi connectivity index (χ4v) is 4.60. The van der Waals surface area contributed by atoms with Gasteiger partial charge < -0.3 is 10.2 Å². The summed E-state index contributed by atoms with van der Waals surface area (Å²) in [6.07, 6.45) is 1.61. The van der Waals surface area contributed by atoms with Gasteiger partial charge in [-0.15, -0.1) is 0 Å². The molecular formula is C27H28ClN5O. The number of hydrogen-bond acceptors (Lipinski definition) is 4. The number of anilines is 1. The summed E-state index contributed by atoms with van der Waals surface area (Å²) in [5, 5.41) is 8.65. The van der Waals surface area contributed by atoms with Gasteiger partial charge in [0.1, 0.15) is 5.82 Å². The molecule has 3 heterocycles. The number of carbonyl (C=O) groups excluding carboxylic acids is 1. The van der Waals surface area contributed by atoms with E-state index in [-0.39, 0.29) is 11.8 Å².